The number of para-hydroxylation sites is 1. The van der Waals surface area contributed by atoms with Gasteiger partial charge in [-0.15, -0.1) is 0 Å². The Labute approximate surface area is 157 Å². The summed E-state index contributed by atoms with van der Waals surface area (Å²) in [6, 6.07) is 21.1. The van der Waals surface area contributed by atoms with Crippen molar-refractivity contribution in [1.29, 1.82) is 0 Å². The van der Waals surface area contributed by atoms with Crippen LogP contribution in [0.5, 0.6) is 5.75 Å². The van der Waals surface area contributed by atoms with E-state index in [9.17, 15) is 0 Å². The quantitative estimate of drug-likeness (QED) is 0.462. The van der Waals surface area contributed by atoms with E-state index in [4.69, 9.17) is 27.9 Å². The minimum atomic E-state index is 0.448. The van der Waals surface area contributed by atoms with E-state index in [-0.39, 0.29) is 0 Å². The molecule has 0 radical (unpaired) electrons. The van der Waals surface area contributed by atoms with Crippen LogP contribution < -0.4 is 4.74 Å². The van der Waals surface area contributed by atoms with Crippen molar-refractivity contribution >= 4 is 35.1 Å². The average Bonchev–Trinajstić information content (AvgIpc) is 2.61. The molecule has 3 rings (SSSR count). The summed E-state index contributed by atoms with van der Waals surface area (Å²) in [5, 5.41) is 1.35. The van der Waals surface area contributed by atoms with E-state index >= 15 is 0 Å². The molecule has 0 amide bonds. The lowest BCUT2D eigenvalue weighted by molar-refractivity contribution is 0.306. The van der Waals surface area contributed by atoms with E-state index in [2.05, 4.69) is 4.99 Å². The van der Waals surface area contributed by atoms with Gasteiger partial charge in [0.25, 0.3) is 0 Å². The van der Waals surface area contributed by atoms with Gasteiger partial charge in [0.1, 0.15) is 12.4 Å². The van der Waals surface area contributed by atoms with E-state index in [1.165, 1.54) is 0 Å². The number of nitrogens with zero attached hydrogens (tertiary/aromatic N) is 1. The summed E-state index contributed by atoms with van der Waals surface area (Å²) in [6.07, 6.45) is 1.78. The number of aryl methyl sites for hydroxylation is 1. The van der Waals surface area contributed by atoms with Gasteiger partial charge < -0.3 is 4.74 Å². The van der Waals surface area contributed by atoms with Crippen LogP contribution in [0, 0.1) is 6.92 Å². The number of rotatable bonds is 5. The first-order valence-electron chi connectivity index (χ1n) is 7.88. The highest BCUT2D eigenvalue weighted by Crippen LogP contribution is 2.24. The second-order valence-electron chi connectivity index (χ2n) is 5.64. The highest BCUT2D eigenvalue weighted by molar-refractivity contribution is 6.31. The lowest BCUT2D eigenvalue weighted by Crippen LogP contribution is -1.98. The standard InChI is InChI=1S/C21H17Cl2NO/c1-15-4-2-3-5-20(15)24-13-17-12-19(23)10-11-21(17)25-14-16-6-8-18(22)9-7-16/h2-13H,14H2,1H3. The highest BCUT2D eigenvalue weighted by Gasteiger charge is 2.04. The lowest BCUT2D eigenvalue weighted by atomic mass is 10.2. The molecule has 0 unspecified atom stereocenters. The zero-order valence-corrected chi connectivity index (χ0v) is 15.3. The Bertz CT molecular complexity index is 889. The van der Waals surface area contributed by atoms with Gasteiger partial charge in [-0.3, -0.25) is 4.99 Å². The fourth-order valence-corrected chi connectivity index (χ4v) is 2.65. The van der Waals surface area contributed by atoms with Crippen LogP contribution in [0.25, 0.3) is 0 Å². The van der Waals surface area contributed by atoms with E-state index < -0.39 is 0 Å². The maximum Gasteiger partial charge on any atom is 0.128 e. The van der Waals surface area contributed by atoms with Crippen LogP contribution in [-0.4, -0.2) is 6.21 Å². The topological polar surface area (TPSA) is 21.6 Å². The third kappa shape index (κ3) is 4.85. The van der Waals surface area contributed by atoms with Gasteiger partial charge in [0, 0.05) is 21.8 Å². The number of halogens is 2. The Hall–Kier alpha value is -2.29. The summed E-state index contributed by atoms with van der Waals surface area (Å²) in [6.45, 7) is 2.48. The van der Waals surface area contributed by atoms with Crippen molar-refractivity contribution in [3.8, 4) is 5.75 Å². The molecule has 0 aromatic heterocycles. The molecule has 0 spiro atoms. The molecule has 126 valence electrons. The van der Waals surface area contributed by atoms with Crippen LogP contribution in [0.2, 0.25) is 10.0 Å². The van der Waals surface area contributed by atoms with Gasteiger partial charge in [0.15, 0.2) is 0 Å². The Morgan fingerprint density at radius 3 is 2.40 bits per heavy atom. The van der Waals surface area contributed by atoms with Crippen LogP contribution in [-0.2, 0) is 6.61 Å². The predicted octanol–water partition coefficient (Wildman–Crippen LogP) is 6.63. The molecular weight excluding hydrogens is 353 g/mol. The SMILES string of the molecule is Cc1ccccc1N=Cc1cc(Cl)ccc1OCc1ccc(Cl)cc1. The average molecular weight is 370 g/mol. The molecule has 0 aliphatic carbocycles. The maximum atomic E-state index is 6.13. The minimum absolute atomic E-state index is 0.448. The summed E-state index contributed by atoms with van der Waals surface area (Å²) in [7, 11) is 0. The van der Waals surface area contributed by atoms with Gasteiger partial charge in [-0.1, -0.05) is 53.5 Å². The summed E-state index contributed by atoms with van der Waals surface area (Å²) in [4.78, 5) is 4.56. The minimum Gasteiger partial charge on any atom is -0.488 e. The molecule has 0 saturated heterocycles. The molecule has 0 heterocycles. The molecule has 3 aromatic carbocycles. The summed E-state index contributed by atoms with van der Waals surface area (Å²) >= 11 is 12.0. The molecule has 0 bridgehead atoms. The van der Waals surface area contributed by atoms with Crippen molar-refractivity contribution in [2.45, 2.75) is 13.5 Å². The van der Waals surface area contributed by atoms with Crippen LogP contribution in [0.1, 0.15) is 16.7 Å². The fraction of sp³-hybridized carbons (Fsp3) is 0.0952. The number of aliphatic imine (C=N–C) groups is 1. The molecular formula is C21H17Cl2NO. The molecule has 0 atom stereocenters. The number of hydrogen-bond acceptors (Lipinski definition) is 2. The van der Waals surface area contributed by atoms with E-state index in [0.29, 0.717) is 16.7 Å². The van der Waals surface area contributed by atoms with Crippen molar-refractivity contribution in [2.75, 3.05) is 0 Å². The van der Waals surface area contributed by atoms with Crippen molar-refractivity contribution in [3.05, 3.63) is 93.5 Å². The highest BCUT2D eigenvalue weighted by atomic mass is 35.5. The molecule has 25 heavy (non-hydrogen) atoms. The lowest BCUT2D eigenvalue weighted by Gasteiger charge is -2.10. The Kier molecular flexibility index (Phi) is 5.75. The van der Waals surface area contributed by atoms with E-state index in [0.717, 1.165) is 28.1 Å². The Balaban J connectivity index is 1.80. The molecule has 0 saturated carbocycles. The zero-order valence-electron chi connectivity index (χ0n) is 13.7. The third-order valence-corrected chi connectivity index (χ3v) is 4.22. The molecule has 0 fully saturated rings. The summed E-state index contributed by atoms with van der Waals surface area (Å²) < 4.78 is 5.94. The fourth-order valence-electron chi connectivity index (χ4n) is 2.34. The van der Waals surface area contributed by atoms with Crippen molar-refractivity contribution < 1.29 is 4.74 Å². The first kappa shape index (κ1) is 17.5. The van der Waals surface area contributed by atoms with Gasteiger partial charge in [0.05, 0.1) is 5.69 Å². The number of ether oxygens (including phenoxy) is 1. The second-order valence-corrected chi connectivity index (χ2v) is 6.51. The molecule has 4 heteroatoms. The summed E-state index contributed by atoms with van der Waals surface area (Å²) in [5.41, 5.74) is 3.92. The summed E-state index contributed by atoms with van der Waals surface area (Å²) in [5.74, 6) is 0.733. The van der Waals surface area contributed by atoms with Crippen LogP contribution in [0.15, 0.2) is 71.7 Å². The largest absolute Gasteiger partial charge is 0.488 e. The first-order valence-corrected chi connectivity index (χ1v) is 8.64. The smallest absolute Gasteiger partial charge is 0.128 e. The van der Waals surface area contributed by atoms with Crippen molar-refractivity contribution in [2.24, 2.45) is 4.99 Å². The Morgan fingerprint density at radius 1 is 0.920 bits per heavy atom. The van der Waals surface area contributed by atoms with Gasteiger partial charge in [-0.2, -0.15) is 0 Å². The van der Waals surface area contributed by atoms with E-state index in [1.54, 1.807) is 6.21 Å². The molecule has 3 aromatic rings. The number of benzene rings is 3. The molecule has 0 aliphatic heterocycles. The zero-order chi connectivity index (χ0) is 17.6. The third-order valence-electron chi connectivity index (χ3n) is 3.74. The van der Waals surface area contributed by atoms with Crippen molar-refractivity contribution in [3.63, 3.8) is 0 Å². The van der Waals surface area contributed by atoms with E-state index in [1.807, 2.05) is 73.7 Å². The van der Waals surface area contributed by atoms with Gasteiger partial charge >= 0.3 is 0 Å². The van der Waals surface area contributed by atoms with Crippen molar-refractivity contribution in [1.82, 2.24) is 0 Å². The molecule has 2 nitrogen and oxygen atoms in total. The van der Waals surface area contributed by atoms with Gasteiger partial charge in [0.2, 0.25) is 0 Å². The second kappa shape index (κ2) is 8.19. The molecule has 0 aliphatic rings. The van der Waals surface area contributed by atoms with Crippen LogP contribution in [0.4, 0.5) is 5.69 Å². The van der Waals surface area contributed by atoms with Crippen LogP contribution in [0.3, 0.4) is 0 Å². The monoisotopic (exact) mass is 369 g/mol. The maximum absolute atomic E-state index is 6.13. The van der Waals surface area contributed by atoms with Crippen LogP contribution >= 0.6 is 23.2 Å². The van der Waals surface area contributed by atoms with Gasteiger partial charge in [-0.25, -0.2) is 0 Å². The normalized spacial score (nSPS) is 11.0. The Morgan fingerprint density at radius 2 is 1.64 bits per heavy atom. The first-order chi connectivity index (χ1) is 12.1. The number of hydrogen-bond donors (Lipinski definition) is 0. The predicted molar refractivity (Wildman–Crippen MR) is 106 cm³/mol. The molecule has 0 N–H and O–H groups in total. The van der Waals surface area contributed by atoms with Gasteiger partial charge in [-0.05, 0) is 54.4 Å².